The lowest BCUT2D eigenvalue weighted by atomic mass is 10.1. The van der Waals surface area contributed by atoms with E-state index in [2.05, 4.69) is 15.3 Å². The number of likely N-dealkylation sites (N-methyl/N-ethyl adjacent to an activating group) is 1. The number of urea groups is 1. The van der Waals surface area contributed by atoms with Crippen LogP contribution < -0.4 is 5.32 Å². The quantitative estimate of drug-likeness (QED) is 0.819. The molecule has 0 saturated heterocycles. The molecular weight excluding hydrogens is 304 g/mol. The first-order chi connectivity index (χ1) is 11.3. The molecule has 1 aromatic carbocycles. The summed E-state index contributed by atoms with van der Waals surface area (Å²) in [6.45, 7) is 7.26. The van der Waals surface area contributed by atoms with Gasteiger partial charge in [-0.05, 0) is 38.8 Å². The maximum atomic E-state index is 12.1. The summed E-state index contributed by atoms with van der Waals surface area (Å²) in [5.41, 5.74) is 2.97. The second-order valence-corrected chi connectivity index (χ2v) is 6.77. The molecule has 2 amide bonds. The molecule has 1 aromatic heterocycles. The van der Waals surface area contributed by atoms with E-state index in [1.807, 2.05) is 39.0 Å². The largest absolute Gasteiger partial charge is 0.379 e. The third-order valence-electron chi connectivity index (χ3n) is 4.35. The fourth-order valence-corrected chi connectivity index (χ4v) is 2.43. The number of aryl methyl sites for hydroxylation is 1. The average Bonchev–Trinajstić information content (AvgIpc) is 2.97. The van der Waals surface area contributed by atoms with E-state index in [0.717, 1.165) is 28.8 Å². The summed E-state index contributed by atoms with van der Waals surface area (Å²) in [6.07, 6.45) is 1.47. The lowest BCUT2D eigenvalue weighted by Crippen LogP contribution is -2.40. The third-order valence-corrected chi connectivity index (χ3v) is 4.35. The van der Waals surface area contributed by atoms with Gasteiger partial charge in [-0.2, -0.15) is 0 Å². The van der Waals surface area contributed by atoms with Crippen molar-refractivity contribution < 1.29 is 9.53 Å². The number of benzene rings is 1. The van der Waals surface area contributed by atoms with Gasteiger partial charge in [0.25, 0.3) is 0 Å². The number of carbonyl (C=O) groups is 1. The Labute approximate surface area is 143 Å². The fourth-order valence-electron chi connectivity index (χ4n) is 2.43. The molecule has 0 bridgehead atoms. The molecule has 24 heavy (non-hydrogen) atoms. The Kier molecular flexibility index (Phi) is 5.83. The van der Waals surface area contributed by atoms with Crippen LogP contribution in [0.3, 0.4) is 0 Å². The van der Waals surface area contributed by atoms with Crippen LogP contribution in [0, 0.1) is 6.92 Å². The standard InChI is InChI=1S/C18H28N4O2/c1-13-7-6-8-14-16(13)21-15(20-14)9-12-22(4)17(23)19-11-10-18(2,3)24-5/h6-8H,9-12H2,1-5H3,(H,19,23)(H,20,21). The van der Waals surface area contributed by atoms with Crippen LogP contribution in [0.15, 0.2) is 18.2 Å². The van der Waals surface area contributed by atoms with Gasteiger partial charge in [-0.15, -0.1) is 0 Å². The van der Waals surface area contributed by atoms with Crippen molar-refractivity contribution in [1.29, 1.82) is 0 Å². The number of amides is 2. The number of aromatic amines is 1. The lowest BCUT2D eigenvalue weighted by Gasteiger charge is -2.24. The van der Waals surface area contributed by atoms with Gasteiger partial charge in [0, 0.05) is 33.7 Å². The van der Waals surface area contributed by atoms with E-state index in [4.69, 9.17) is 4.74 Å². The monoisotopic (exact) mass is 332 g/mol. The SMILES string of the molecule is COC(C)(C)CCNC(=O)N(C)CCc1nc2c(C)cccc2[nH]1. The number of fused-ring (bicyclic) bond motifs is 1. The van der Waals surface area contributed by atoms with Crippen LogP contribution >= 0.6 is 0 Å². The van der Waals surface area contributed by atoms with Crippen LogP contribution in [0.1, 0.15) is 31.7 Å². The fraction of sp³-hybridized carbons (Fsp3) is 0.556. The number of para-hydroxylation sites is 1. The molecule has 0 fully saturated rings. The second kappa shape index (κ2) is 7.66. The molecule has 0 spiro atoms. The van der Waals surface area contributed by atoms with Crippen molar-refractivity contribution in [2.24, 2.45) is 0 Å². The van der Waals surface area contributed by atoms with E-state index >= 15 is 0 Å². The van der Waals surface area contributed by atoms with Crippen LogP contribution in [0.25, 0.3) is 11.0 Å². The minimum atomic E-state index is -0.224. The summed E-state index contributed by atoms with van der Waals surface area (Å²) in [7, 11) is 3.48. The summed E-state index contributed by atoms with van der Waals surface area (Å²) in [4.78, 5) is 21.7. The van der Waals surface area contributed by atoms with Crippen molar-refractivity contribution in [3.63, 3.8) is 0 Å². The van der Waals surface area contributed by atoms with Crippen LogP contribution in [-0.2, 0) is 11.2 Å². The molecule has 2 aromatic rings. The molecule has 0 aliphatic rings. The first-order valence-corrected chi connectivity index (χ1v) is 8.31. The number of hydrogen-bond acceptors (Lipinski definition) is 3. The number of aromatic nitrogens is 2. The van der Waals surface area contributed by atoms with Crippen LogP contribution in [-0.4, -0.2) is 53.7 Å². The summed E-state index contributed by atoms with van der Waals surface area (Å²) >= 11 is 0. The normalized spacial score (nSPS) is 11.7. The number of hydrogen-bond donors (Lipinski definition) is 2. The van der Waals surface area contributed by atoms with Crippen molar-refractivity contribution >= 4 is 17.1 Å². The minimum absolute atomic E-state index is 0.0748. The van der Waals surface area contributed by atoms with E-state index in [1.54, 1.807) is 19.1 Å². The van der Waals surface area contributed by atoms with Crippen LogP contribution in [0.5, 0.6) is 0 Å². The van der Waals surface area contributed by atoms with Crippen molar-refractivity contribution in [3.8, 4) is 0 Å². The molecule has 0 unspecified atom stereocenters. The highest BCUT2D eigenvalue weighted by molar-refractivity contribution is 5.78. The molecule has 0 atom stereocenters. The van der Waals surface area contributed by atoms with Gasteiger partial charge < -0.3 is 19.9 Å². The Balaban J connectivity index is 1.82. The zero-order chi connectivity index (χ0) is 17.7. The van der Waals surface area contributed by atoms with Gasteiger partial charge in [-0.25, -0.2) is 9.78 Å². The summed E-state index contributed by atoms with van der Waals surface area (Å²) in [6, 6.07) is 6.01. The second-order valence-electron chi connectivity index (χ2n) is 6.77. The van der Waals surface area contributed by atoms with Gasteiger partial charge >= 0.3 is 6.03 Å². The van der Waals surface area contributed by atoms with E-state index in [1.165, 1.54) is 0 Å². The Morgan fingerprint density at radius 2 is 2.17 bits per heavy atom. The van der Waals surface area contributed by atoms with E-state index in [-0.39, 0.29) is 11.6 Å². The molecule has 2 N–H and O–H groups in total. The predicted octanol–water partition coefficient (Wildman–Crippen LogP) is 2.87. The number of rotatable bonds is 7. The van der Waals surface area contributed by atoms with Gasteiger partial charge in [-0.3, -0.25) is 0 Å². The molecule has 0 aliphatic heterocycles. The van der Waals surface area contributed by atoms with E-state index < -0.39 is 0 Å². The number of carbonyl (C=O) groups excluding carboxylic acids is 1. The predicted molar refractivity (Wildman–Crippen MR) is 96.3 cm³/mol. The highest BCUT2D eigenvalue weighted by atomic mass is 16.5. The van der Waals surface area contributed by atoms with Gasteiger partial charge in [-0.1, -0.05) is 12.1 Å². The maximum Gasteiger partial charge on any atom is 0.317 e. The number of nitrogens with zero attached hydrogens (tertiary/aromatic N) is 2. The van der Waals surface area contributed by atoms with Gasteiger partial charge in [0.1, 0.15) is 5.82 Å². The molecule has 6 heteroatoms. The van der Waals surface area contributed by atoms with Crippen molar-refractivity contribution in [2.45, 2.75) is 39.2 Å². The molecule has 0 saturated carbocycles. The highest BCUT2D eigenvalue weighted by Gasteiger charge is 2.17. The first-order valence-electron chi connectivity index (χ1n) is 8.31. The van der Waals surface area contributed by atoms with Crippen LogP contribution in [0.4, 0.5) is 4.79 Å². The molecule has 2 rings (SSSR count). The van der Waals surface area contributed by atoms with Gasteiger partial charge in [0.2, 0.25) is 0 Å². The third kappa shape index (κ3) is 4.71. The smallest absolute Gasteiger partial charge is 0.317 e. The summed E-state index contributed by atoms with van der Waals surface area (Å²) < 4.78 is 5.35. The molecule has 1 heterocycles. The number of H-pyrrole nitrogens is 1. The maximum absolute atomic E-state index is 12.1. The zero-order valence-corrected chi connectivity index (χ0v) is 15.3. The van der Waals surface area contributed by atoms with Crippen molar-refractivity contribution in [1.82, 2.24) is 20.2 Å². The number of nitrogens with one attached hydrogen (secondary N) is 2. The lowest BCUT2D eigenvalue weighted by molar-refractivity contribution is 0.0163. The first kappa shape index (κ1) is 18.3. The average molecular weight is 332 g/mol. The van der Waals surface area contributed by atoms with Crippen molar-refractivity contribution in [2.75, 3.05) is 27.2 Å². The molecule has 6 nitrogen and oxygen atoms in total. The van der Waals surface area contributed by atoms with Crippen molar-refractivity contribution in [3.05, 3.63) is 29.6 Å². The minimum Gasteiger partial charge on any atom is -0.379 e. The Morgan fingerprint density at radius 1 is 1.42 bits per heavy atom. The van der Waals surface area contributed by atoms with E-state index in [0.29, 0.717) is 19.5 Å². The van der Waals surface area contributed by atoms with Gasteiger partial charge in [0.05, 0.1) is 16.6 Å². The Bertz CT molecular complexity index is 693. The Morgan fingerprint density at radius 3 is 2.83 bits per heavy atom. The summed E-state index contributed by atoms with van der Waals surface area (Å²) in [5.74, 6) is 0.902. The van der Waals surface area contributed by atoms with Crippen LogP contribution in [0.2, 0.25) is 0 Å². The number of ether oxygens (including phenoxy) is 1. The number of imidazole rings is 1. The zero-order valence-electron chi connectivity index (χ0n) is 15.3. The molecular formula is C18H28N4O2. The molecule has 0 radical (unpaired) electrons. The molecule has 0 aliphatic carbocycles. The molecule has 132 valence electrons. The Hall–Kier alpha value is -2.08. The van der Waals surface area contributed by atoms with E-state index in [9.17, 15) is 4.79 Å². The summed E-state index contributed by atoms with van der Waals surface area (Å²) in [5, 5.41) is 2.92. The number of methoxy groups -OCH3 is 1. The van der Waals surface area contributed by atoms with Gasteiger partial charge in [0.15, 0.2) is 0 Å². The highest BCUT2D eigenvalue weighted by Crippen LogP contribution is 2.15. The topological polar surface area (TPSA) is 70.2 Å².